The number of amides is 1. The Morgan fingerprint density at radius 3 is 1.52 bits per heavy atom. The molecule has 0 saturated carbocycles. The normalized spacial score (nSPS) is 21.9. The molecule has 0 aromatic heterocycles. The maximum atomic E-state index is 11.9. The van der Waals surface area contributed by atoms with Gasteiger partial charge in [-0.1, -0.05) is 15.9 Å². The number of nitrogens with one attached hydrogen (secondary N) is 1. The third-order valence-electron chi connectivity index (χ3n) is 5.29. The van der Waals surface area contributed by atoms with E-state index in [9.17, 15) is 19.2 Å². The zero-order chi connectivity index (χ0) is 31.2. The molecule has 1 rings (SSSR count). The number of rotatable bonds is 23. The molecule has 5 atom stereocenters. The van der Waals surface area contributed by atoms with E-state index in [1.54, 1.807) is 0 Å². The molecule has 15 nitrogen and oxygen atoms in total. The molecule has 0 aromatic carbocycles. The fraction of sp³-hybridized carbons (Fsp3) is 0.846. The van der Waals surface area contributed by atoms with Gasteiger partial charge in [0.05, 0.1) is 72.7 Å². The van der Waals surface area contributed by atoms with Crippen molar-refractivity contribution in [3.05, 3.63) is 0 Å². The molecule has 1 N–H and O–H groups in total. The molecule has 0 aromatic rings. The van der Waals surface area contributed by atoms with Crippen LogP contribution in [0.25, 0.3) is 0 Å². The van der Waals surface area contributed by atoms with Crippen molar-refractivity contribution in [2.75, 3.05) is 84.6 Å². The minimum Gasteiger partial charge on any atom is -0.463 e. The van der Waals surface area contributed by atoms with Gasteiger partial charge in [-0.2, -0.15) is 0 Å². The highest BCUT2D eigenvalue weighted by atomic mass is 79.9. The van der Waals surface area contributed by atoms with Crippen molar-refractivity contribution in [2.24, 2.45) is 0 Å². The van der Waals surface area contributed by atoms with E-state index < -0.39 is 54.5 Å². The molecule has 0 aliphatic carbocycles. The van der Waals surface area contributed by atoms with Gasteiger partial charge in [-0.25, -0.2) is 0 Å². The van der Waals surface area contributed by atoms with Crippen LogP contribution in [-0.2, 0) is 66.5 Å². The summed E-state index contributed by atoms with van der Waals surface area (Å²) in [4.78, 5) is 47.0. The average molecular weight is 675 g/mol. The number of alkyl halides is 1. The molecule has 1 aliphatic heterocycles. The minimum atomic E-state index is -1.18. The van der Waals surface area contributed by atoms with Crippen LogP contribution in [0.4, 0.5) is 0 Å². The van der Waals surface area contributed by atoms with Crippen LogP contribution in [0.5, 0.6) is 0 Å². The topological polar surface area (TPSA) is 173 Å². The number of carbonyl (C=O) groups is 4. The van der Waals surface area contributed by atoms with Crippen LogP contribution < -0.4 is 5.32 Å². The first-order chi connectivity index (χ1) is 20.1. The zero-order valence-corrected chi connectivity index (χ0v) is 26.3. The second-order valence-corrected chi connectivity index (χ2v) is 9.63. The first kappa shape index (κ1) is 38.1. The highest BCUT2D eigenvalue weighted by Crippen LogP contribution is 2.28. The van der Waals surface area contributed by atoms with Crippen molar-refractivity contribution in [1.29, 1.82) is 0 Å². The standard InChI is InChI=1S/C26H44BrNO14/c1-18(29)28-23-25(41-21(4)32)24(40-20(3)31)22(17-39-19(2)30)42-26(23)38-16-15-37-14-13-36-12-11-35-10-9-34-8-7-33-6-5-27/h22-26H,5-17H2,1-4H3,(H,28,29)/t22-,23-,24-,25-,26-/m1/s1. The fourth-order valence-electron chi connectivity index (χ4n) is 3.69. The van der Waals surface area contributed by atoms with Gasteiger partial charge in [-0.05, 0) is 0 Å². The largest absolute Gasteiger partial charge is 0.463 e. The molecule has 0 spiro atoms. The van der Waals surface area contributed by atoms with Gasteiger partial charge in [0.1, 0.15) is 18.8 Å². The number of hydrogen-bond donors (Lipinski definition) is 1. The Balaban J connectivity index is 2.46. The lowest BCUT2D eigenvalue weighted by molar-refractivity contribution is -0.279. The summed E-state index contributed by atoms with van der Waals surface area (Å²) in [5.74, 6) is -2.43. The van der Waals surface area contributed by atoms with Crippen molar-refractivity contribution in [1.82, 2.24) is 5.32 Å². The Morgan fingerprint density at radius 1 is 0.643 bits per heavy atom. The smallest absolute Gasteiger partial charge is 0.303 e. The molecule has 0 unspecified atom stereocenters. The van der Waals surface area contributed by atoms with Crippen molar-refractivity contribution >= 4 is 39.7 Å². The van der Waals surface area contributed by atoms with Crippen molar-refractivity contribution in [3.8, 4) is 0 Å². The van der Waals surface area contributed by atoms with Crippen LogP contribution in [0.3, 0.4) is 0 Å². The predicted octanol–water partition coefficient (Wildman–Crippen LogP) is 0.137. The van der Waals surface area contributed by atoms with Crippen molar-refractivity contribution in [2.45, 2.75) is 58.3 Å². The van der Waals surface area contributed by atoms with Crippen LogP contribution >= 0.6 is 15.9 Å². The van der Waals surface area contributed by atoms with E-state index in [-0.39, 0.29) is 19.8 Å². The molecule has 0 radical (unpaired) electrons. The highest BCUT2D eigenvalue weighted by molar-refractivity contribution is 9.09. The molecule has 16 heteroatoms. The van der Waals surface area contributed by atoms with Gasteiger partial charge in [0.2, 0.25) is 5.91 Å². The van der Waals surface area contributed by atoms with Gasteiger partial charge in [0.25, 0.3) is 0 Å². The second-order valence-electron chi connectivity index (χ2n) is 8.84. The fourth-order valence-corrected chi connectivity index (χ4v) is 3.92. The van der Waals surface area contributed by atoms with Crippen molar-refractivity contribution < 1.29 is 66.5 Å². The van der Waals surface area contributed by atoms with Crippen LogP contribution in [-0.4, -0.2) is 139 Å². The lowest BCUT2D eigenvalue weighted by atomic mass is 9.96. The summed E-state index contributed by atoms with van der Waals surface area (Å²) in [6.45, 7) is 8.78. The summed E-state index contributed by atoms with van der Waals surface area (Å²) in [5.41, 5.74) is 0. The second kappa shape index (κ2) is 23.5. The molecular weight excluding hydrogens is 630 g/mol. The van der Waals surface area contributed by atoms with E-state index in [4.69, 9.17) is 47.4 Å². The summed E-state index contributed by atoms with van der Waals surface area (Å²) >= 11 is 3.28. The molecule has 1 amide bonds. The van der Waals surface area contributed by atoms with Gasteiger partial charge in [0.15, 0.2) is 18.5 Å². The van der Waals surface area contributed by atoms with Crippen LogP contribution in [0.2, 0.25) is 0 Å². The SMILES string of the molecule is CC(=O)N[C@H]1[C@H](OCCOCCOCCOCCOCCOCCBr)O[C@H](COC(C)=O)[C@@H](OC(C)=O)[C@@H]1OC(C)=O. The van der Waals surface area contributed by atoms with Gasteiger partial charge in [0, 0.05) is 33.0 Å². The number of esters is 3. The number of hydrogen-bond acceptors (Lipinski definition) is 14. The summed E-state index contributed by atoms with van der Waals surface area (Å²) in [5, 5.41) is 3.43. The lowest BCUT2D eigenvalue weighted by Gasteiger charge is -2.44. The minimum absolute atomic E-state index is 0.0380. The van der Waals surface area contributed by atoms with E-state index in [2.05, 4.69) is 21.2 Å². The van der Waals surface area contributed by atoms with E-state index in [0.29, 0.717) is 59.5 Å². The molecule has 1 saturated heterocycles. The number of carbonyl (C=O) groups excluding carboxylic acids is 4. The quantitative estimate of drug-likeness (QED) is 0.0671. The maximum absolute atomic E-state index is 11.9. The monoisotopic (exact) mass is 673 g/mol. The Morgan fingerprint density at radius 2 is 1.10 bits per heavy atom. The Hall–Kier alpha value is -1.92. The first-order valence-electron chi connectivity index (χ1n) is 13.6. The van der Waals surface area contributed by atoms with E-state index >= 15 is 0 Å². The first-order valence-corrected chi connectivity index (χ1v) is 14.7. The van der Waals surface area contributed by atoms with E-state index in [1.807, 2.05) is 0 Å². The summed E-state index contributed by atoms with van der Waals surface area (Å²) in [6, 6.07) is -1.04. The number of halogens is 1. The van der Waals surface area contributed by atoms with Gasteiger partial charge in [-0.3, -0.25) is 19.2 Å². The summed E-state index contributed by atoms with van der Waals surface area (Å²) < 4.78 is 54.6. The zero-order valence-electron chi connectivity index (χ0n) is 24.7. The highest BCUT2D eigenvalue weighted by Gasteiger charge is 2.51. The molecular formula is C26H44BrNO14. The maximum Gasteiger partial charge on any atom is 0.303 e. The van der Waals surface area contributed by atoms with Crippen LogP contribution in [0, 0.1) is 0 Å². The molecule has 42 heavy (non-hydrogen) atoms. The molecule has 244 valence electrons. The number of ether oxygens (including phenoxy) is 10. The van der Waals surface area contributed by atoms with Crippen molar-refractivity contribution in [3.63, 3.8) is 0 Å². The van der Waals surface area contributed by atoms with Gasteiger partial charge >= 0.3 is 17.9 Å². The molecule has 1 fully saturated rings. The third kappa shape index (κ3) is 17.9. The van der Waals surface area contributed by atoms with E-state index in [0.717, 1.165) is 5.33 Å². The summed E-state index contributed by atoms with van der Waals surface area (Å²) in [7, 11) is 0. The van der Waals surface area contributed by atoms with Gasteiger partial charge in [-0.15, -0.1) is 0 Å². The Kier molecular flexibility index (Phi) is 21.3. The Labute approximate surface area is 254 Å². The molecule has 1 heterocycles. The van der Waals surface area contributed by atoms with E-state index in [1.165, 1.54) is 27.7 Å². The Bertz CT molecular complexity index is 788. The molecule has 0 bridgehead atoms. The molecule has 1 aliphatic rings. The van der Waals surface area contributed by atoms with Crippen LogP contribution in [0.1, 0.15) is 27.7 Å². The average Bonchev–Trinajstić information content (AvgIpc) is 2.91. The van der Waals surface area contributed by atoms with Crippen LogP contribution in [0.15, 0.2) is 0 Å². The predicted molar refractivity (Wildman–Crippen MR) is 148 cm³/mol. The summed E-state index contributed by atoms with van der Waals surface area (Å²) in [6.07, 6.45) is -4.56. The lowest BCUT2D eigenvalue weighted by Crippen LogP contribution is -2.66. The third-order valence-corrected chi connectivity index (χ3v) is 5.61. The van der Waals surface area contributed by atoms with Gasteiger partial charge < -0.3 is 52.7 Å².